The monoisotopic (exact) mass is 456 g/mol. The van der Waals surface area contributed by atoms with Crippen molar-refractivity contribution in [1.82, 2.24) is 9.80 Å². The zero-order chi connectivity index (χ0) is 23.9. The molecule has 3 aliphatic heterocycles. The first-order valence-electron chi connectivity index (χ1n) is 11.6. The number of fused-ring (bicyclic) bond motifs is 1. The Hall–Kier alpha value is -2.71. The van der Waals surface area contributed by atoms with E-state index in [-0.39, 0.29) is 18.6 Å². The molecule has 6 atom stereocenters. The summed E-state index contributed by atoms with van der Waals surface area (Å²) in [5.74, 6) is -3.72. The number of carbonyl (C=O) groups excluding carboxylic acids is 2. The topological polar surface area (TPSA) is 107 Å². The number of carboxylic acids is 1. The predicted octanol–water partition coefficient (Wildman–Crippen LogP) is 1.47. The van der Waals surface area contributed by atoms with E-state index < -0.39 is 47.5 Å². The zero-order valence-electron chi connectivity index (χ0n) is 19.1. The van der Waals surface area contributed by atoms with Crippen LogP contribution >= 0.6 is 0 Å². The summed E-state index contributed by atoms with van der Waals surface area (Å²) < 4.78 is 6.25. The van der Waals surface area contributed by atoms with Crippen molar-refractivity contribution in [2.24, 2.45) is 11.8 Å². The lowest BCUT2D eigenvalue weighted by Gasteiger charge is -2.40. The van der Waals surface area contributed by atoms with Crippen molar-refractivity contribution >= 4 is 17.8 Å². The van der Waals surface area contributed by atoms with Gasteiger partial charge in [0.1, 0.15) is 11.6 Å². The van der Waals surface area contributed by atoms with E-state index in [1.807, 2.05) is 44.2 Å². The SMILES string of the molecule is C=CCN(C(=O)[C@H]1N([C@@H](CO)Cc2ccccc2)C(=O)[C@@H]2[C@@H](C(=O)O)[C@H]3CC[C@]21O3)C(C)C. The lowest BCUT2D eigenvalue weighted by Crippen LogP contribution is -2.60. The highest BCUT2D eigenvalue weighted by molar-refractivity contribution is 5.98. The van der Waals surface area contributed by atoms with Crippen LogP contribution in [-0.2, 0) is 25.5 Å². The number of carboxylic acid groups (broad SMARTS) is 1. The standard InChI is InChI=1S/C25H32N2O6/c1-4-12-26(15(2)3)23(30)21-25-11-10-18(33-25)19(24(31)32)20(25)22(29)27(21)17(14-28)13-16-8-6-5-7-9-16/h4-9,15,17-21,28H,1,10-14H2,2-3H3,(H,31,32)/t17-,18-,19+,20+,21-,25+/m1/s1. The van der Waals surface area contributed by atoms with Crippen LogP contribution in [0.5, 0.6) is 0 Å². The lowest BCUT2D eigenvalue weighted by molar-refractivity contribution is -0.154. The highest BCUT2D eigenvalue weighted by atomic mass is 16.5. The number of carbonyl (C=O) groups is 3. The van der Waals surface area contributed by atoms with Crippen LogP contribution in [0.15, 0.2) is 43.0 Å². The molecule has 178 valence electrons. The average Bonchev–Trinajstić information content (AvgIpc) is 3.43. The van der Waals surface area contributed by atoms with Gasteiger partial charge in [0.15, 0.2) is 0 Å². The van der Waals surface area contributed by atoms with Gasteiger partial charge in [0, 0.05) is 12.6 Å². The third-order valence-corrected chi connectivity index (χ3v) is 7.41. The second-order valence-electron chi connectivity index (χ2n) is 9.54. The number of aliphatic hydroxyl groups excluding tert-OH is 1. The normalized spacial score (nSPS) is 31.0. The van der Waals surface area contributed by atoms with E-state index in [4.69, 9.17) is 4.74 Å². The molecule has 1 spiro atoms. The van der Waals surface area contributed by atoms with Crippen LogP contribution in [0, 0.1) is 11.8 Å². The Bertz CT molecular complexity index is 934. The molecule has 0 aliphatic carbocycles. The van der Waals surface area contributed by atoms with Gasteiger partial charge in [-0.15, -0.1) is 6.58 Å². The summed E-state index contributed by atoms with van der Waals surface area (Å²) in [5, 5.41) is 20.2. The second kappa shape index (κ2) is 8.91. The number of nitrogens with zero attached hydrogens (tertiary/aromatic N) is 2. The Balaban J connectivity index is 1.79. The van der Waals surface area contributed by atoms with Crippen molar-refractivity contribution in [2.45, 2.75) is 62.9 Å². The Morgan fingerprint density at radius 2 is 2.03 bits per heavy atom. The molecule has 0 aromatic heterocycles. The Morgan fingerprint density at radius 3 is 2.61 bits per heavy atom. The van der Waals surface area contributed by atoms with Crippen LogP contribution in [0.25, 0.3) is 0 Å². The van der Waals surface area contributed by atoms with E-state index >= 15 is 0 Å². The van der Waals surface area contributed by atoms with Crippen LogP contribution in [0.1, 0.15) is 32.3 Å². The molecular weight excluding hydrogens is 424 g/mol. The van der Waals surface area contributed by atoms with Crippen LogP contribution in [-0.4, -0.2) is 80.8 Å². The van der Waals surface area contributed by atoms with E-state index in [1.54, 1.807) is 11.0 Å². The molecule has 3 fully saturated rings. The average molecular weight is 457 g/mol. The van der Waals surface area contributed by atoms with Gasteiger partial charge in [-0.1, -0.05) is 36.4 Å². The summed E-state index contributed by atoms with van der Waals surface area (Å²) in [4.78, 5) is 43.0. The third-order valence-electron chi connectivity index (χ3n) is 7.41. The molecule has 1 aromatic rings. The fraction of sp³-hybridized carbons (Fsp3) is 0.560. The van der Waals surface area contributed by atoms with Crippen LogP contribution < -0.4 is 0 Å². The van der Waals surface area contributed by atoms with Gasteiger partial charge in [0.2, 0.25) is 11.8 Å². The molecule has 8 heteroatoms. The first-order valence-corrected chi connectivity index (χ1v) is 11.6. The number of hydrogen-bond donors (Lipinski definition) is 2. The number of ether oxygens (including phenoxy) is 1. The van der Waals surface area contributed by atoms with Crippen molar-refractivity contribution in [3.8, 4) is 0 Å². The van der Waals surface area contributed by atoms with Gasteiger partial charge in [-0.05, 0) is 38.7 Å². The van der Waals surface area contributed by atoms with Crippen molar-refractivity contribution in [3.63, 3.8) is 0 Å². The number of aliphatic carboxylic acids is 1. The molecule has 3 heterocycles. The van der Waals surface area contributed by atoms with E-state index in [0.29, 0.717) is 25.8 Å². The molecule has 3 aliphatic rings. The summed E-state index contributed by atoms with van der Waals surface area (Å²) in [5.41, 5.74) is -0.280. The lowest BCUT2D eigenvalue weighted by atomic mass is 9.70. The highest BCUT2D eigenvalue weighted by Crippen LogP contribution is 2.59. The number of amides is 2. The molecule has 33 heavy (non-hydrogen) atoms. The molecule has 0 radical (unpaired) electrons. The summed E-state index contributed by atoms with van der Waals surface area (Å²) in [6.07, 6.45) is 2.33. The van der Waals surface area contributed by atoms with Gasteiger partial charge in [-0.2, -0.15) is 0 Å². The minimum Gasteiger partial charge on any atom is -0.481 e. The first-order chi connectivity index (χ1) is 15.8. The molecule has 0 saturated carbocycles. The second-order valence-corrected chi connectivity index (χ2v) is 9.54. The minimum atomic E-state index is -1.19. The third kappa shape index (κ3) is 3.65. The summed E-state index contributed by atoms with van der Waals surface area (Å²) in [7, 11) is 0. The van der Waals surface area contributed by atoms with Crippen molar-refractivity contribution in [1.29, 1.82) is 0 Å². The van der Waals surface area contributed by atoms with Gasteiger partial charge in [0.05, 0.1) is 30.6 Å². The molecule has 3 saturated heterocycles. The smallest absolute Gasteiger partial charge is 0.310 e. The maximum absolute atomic E-state index is 14.0. The minimum absolute atomic E-state index is 0.154. The number of aliphatic hydroxyl groups is 1. The van der Waals surface area contributed by atoms with E-state index in [0.717, 1.165) is 5.56 Å². The molecule has 2 N–H and O–H groups in total. The van der Waals surface area contributed by atoms with Gasteiger partial charge in [0.25, 0.3) is 0 Å². The van der Waals surface area contributed by atoms with Crippen molar-refractivity contribution < 1.29 is 29.3 Å². The van der Waals surface area contributed by atoms with Crippen LogP contribution in [0.3, 0.4) is 0 Å². The number of likely N-dealkylation sites (tertiary alicyclic amines) is 1. The molecule has 1 aromatic carbocycles. The number of benzene rings is 1. The number of hydrogen-bond acceptors (Lipinski definition) is 5. The summed E-state index contributed by atoms with van der Waals surface area (Å²) in [6.45, 7) is 7.48. The number of rotatable bonds is 9. The van der Waals surface area contributed by atoms with E-state index in [9.17, 15) is 24.6 Å². The molecule has 2 bridgehead atoms. The summed E-state index contributed by atoms with van der Waals surface area (Å²) in [6, 6.07) is 7.62. The maximum atomic E-state index is 14.0. The van der Waals surface area contributed by atoms with E-state index in [1.165, 1.54) is 4.90 Å². The molecule has 0 unspecified atom stereocenters. The van der Waals surface area contributed by atoms with Gasteiger partial charge in [-0.25, -0.2) is 0 Å². The zero-order valence-corrected chi connectivity index (χ0v) is 19.1. The first kappa shape index (κ1) is 23.4. The van der Waals surface area contributed by atoms with E-state index in [2.05, 4.69) is 6.58 Å². The maximum Gasteiger partial charge on any atom is 0.310 e. The Labute approximate surface area is 193 Å². The fourth-order valence-corrected chi connectivity index (χ4v) is 6.03. The largest absolute Gasteiger partial charge is 0.481 e. The van der Waals surface area contributed by atoms with Crippen molar-refractivity contribution in [2.75, 3.05) is 13.2 Å². The molecule has 8 nitrogen and oxygen atoms in total. The van der Waals surface area contributed by atoms with Gasteiger partial charge in [-0.3, -0.25) is 14.4 Å². The Morgan fingerprint density at radius 1 is 1.33 bits per heavy atom. The van der Waals surface area contributed by atoms with Crippen LogP contribution in [0.2, 0.25) is 0 Å². The highest BCUT2D eigenvalue weighted by Gasteiger charge is 2.75. The van der Waals surface area contributed by atoms with Gasteiger partial charge < -0.3 is 24.7 Å². The molecule has 4 rings (SSSR count). The van der Waals surface area contributed by atoms with Crippen molar-refractivity contribution in [3.05, 3.63) is 48.6 Å². The fourth-order valence-electron chi connectivity index (χ4n) is 6.03. The quantitative estimate of drug-likeness (QED) is 0.545. The Kier molecular flexibility index (Phi) is 6.33. The molecule has 2 amide bonds. The van der Waals surface area contributed by atoms with Crippen LogP contribution in [0.4, 0.5) is 0 Å². The molecular formula is C25H32N2O6. The van der Waals surface area contributed by atoms with Gasteiger partial charge >= 0.3 is 5.97 Å². The predicted molar refractivity (Wildman–Crippen MR) is 120 cm³/mol. The summed E-state index contributed by atoms with van der Waals surface area (Å²) >= 11 is 0.